The number of nitrogens with two attached hydrogens (primary N) is 1. The van der Waals surface area contributed by atoms with Gasteiger partial charge in [-0.1, -0.05) is 35.9 Å². The molecule has 0 aliphatic heterocycles. The summed E-state index contributed by atoms with van der Waals surface area (Å²) in [6, 6.07) is 11.8. The van der Waals surface area contributed by atoms with Crippen LogP contribution in [0.2, 0.25) is 5.02 Å². The molecule has 23 heavy (non-hydrogen) atoms. The van der Waals surface area contributed by atoms with E-state index in [1.54, 1.807) is 7.05 Å². The number of nitrogens with zero attached hydrogens (tertiary/aromatic N) is 1. The zero-order valence-corrected chi connectivity index (χ0v) is 14.4. The molecule has 0 radical (unpaired) electrons. The Bertz CT molecular complexity index is 850. The summed E-state index contributed by atoms with van der Waals surface area (Å²) in [7, 11) is -2.33. The van der Waals surface area contributed by atoms with Gasteiger partial charge in [0, 0.05) is 19.2 Å². The third kappa shape index (κ3) is 4.10. The van der Waals surface area contributed by atoms with Crippen molar-refractivity contribution in [2.24, 2.45) is 5.14 Å². The summed E-state index contributed by atoms with van der Waals surface area (Å²) in [5.74, 6) is -0.310. The Morgan fingerprint density at radius 1 is 1.22 bits per heavy atom. The number of benzene rings is 2. The Kier molecular flexibility index (Phi) is 5.09. The SMILES string of the molecule is Cc1ccccc1CN(C)C(=O)c1ccc(Cl)c(S(N)(=O)=O)c1. The Morgan fingerprint density at radius 2 is 1.87 bits per heavy atom. The van der Waals surface area contributed by atoms with Crippen molar-refractivity contribution < 1.29 is 13.2 Å². The Labute approximate surface area is 140 Å². The number of amides is 1. The average Bonchev–Trinajstić information content (AvgIpc) is 2.48. The third-order valence-electron chi connectivity index (χ3n) is 3.50. The fourth-order valence-corrected chi connectivity index (χ4v) is 3.26. The molecule has 122 valence electrons. The molecule has 0 unspecified atom stereocenters. The Hall–Kier alpha value is -1.89. The highest BCUT2D eigenvalue weighted by molar-refractivity contribution is 7.89. The lowest BCUT2D eigenvalue weighted by Crippen LogP contribution is -2.27. The van der Waals surface area contributed by atoms with Gasteiger partial charge in [-0.2, -0.15) is 0 Å². The van der Waals surface area contributed by atoms with Gasteiger partial charge in [0.05, 0.1) is 5.02 Å². The quantitative estimate of drug-likeness (QED) is 0.918. The molecule has 0 aliphatic carbocycles. The zero-order valence-electron chi connectivity index (χ0n) is 12.8. The monoisotopic (exact) mass is 352 g/mol. The topological polar surface area (TPSA) is 80.5 Å². The number of carbonyl (C=O) groups excluding carboxylic acids is 1. The summed E-state index contributed by atoms with van der Waals surface area (Å²) in [4.78, 5) is 13.8. The molecule has 0 bridgehead atoms. The fourth-order valence-electron chi connectivity index (χ4n) is 2.19. The normalized spacial score (nSPS) is 11.3. The van der Waals surface area contributed by atoms with Crippen molar-refractivity contribution in [3.05, 3.63) is 64.2 Å². The number of halogens is 1. The Balaban J connectivity index is 2.28. The summed E-state index contributed by atoms with van der Waals surface area (Å²) in [5.41, 5.74) is 2.31. The van der Waals surface area contributed by atoms with Crippen molar-refractivity contribution in [2.75, 3.05) is 7.05 Å². The minimum absolute atomic E-state index is 0.00870. The van der Waals surface area contributed by atoms with E-state index in [0.717, 1.165) is 11.1 Å². The van der Waals surface area contributed by atoms with Crippen LogP contribution in [-0.4, -0.2) is 26.3 Å². The fraction of sp³-hybridized carbons (Fsp3) is 0.188. The molecule has 0 saturated heterocycles. The first-order chi connectivity index (χ1) is 10.7. The van der Waals surface area contributed by atoms with Gasteiger partial charge in [-0.25, -0.2) is 13.6 Å². The van der Waals surface area contributed by atoms with E-state index in [2.05, 4.69) is 0 Å². The molecule has 5 nitrogen and oxygen atoms in total. The van der Waals surface area contributed by atoms with Crippen LogP contribution < -0.4 is 5.14 Å². The van der Waals surface area contributed by atoms with E-state index in [1.807, 2.05) is 31.2 Å². The number of carbonyl (C=O) groups is 1. The lowest BCUT2D eigenvalue weighted by molar-refractivity contribution is 0.0784. The predicted octanol–water partition coefficient (Wildman–Crippen LogP) is 2.57. The number of hydrogen-bond donors (Lipinski definition) is 1. The molecule has 0 fully saturated rings. The molecule has 2 rings (SSSR count). The first-order valence-electron chi connectivity index (χ1n) is 6.82. The highest BCUT2D eigenvalue weighted by Gasteiger charge is 2.18. The second-order valence-electron chi connectivity index (χ2n) is 5.28. The van der Waals surface area contributed by atoms with Gasteiger partial charge in [-0.15, -0.1) is 0 Å². The van der Waals surface area contributed by atoms with E-state index < -0.39 is 10.0 Å². The molecule has 7 heteroatoms. The molecule has 2 N–H and O–H groups in total. The number of rotatable bonds is 4. The molecule has 0 aliphatic rings. The van der Waals surface area contributed by atoms with Gasteiger partial charge in [0.25, 0.3) is 5.91 Å². The highest BCUT2D eigenvalue weighted by Crippen LogP contribution is 2.22. The minimum Gasteiger partial charge on any atom is -0.337 e. The van der Waals surface area contributed by atoms with Crippen molar-refractivity contribution in [2.45, 2.75) is 18.4 Å². The molecular weight excluding hydrogens is 336 g/mol. The smallest absolute Gasteiger partial charge is 0.253 e. The predicted molar refractivity (Wildman–Crippen MR) is 89.8 cm³/mol. The molecule has 0 atom stereocenters. The van der Waals surface area contributed by atoms with Crippen molar-refractivity contribution in [3.8, 4) is 0 Å². The molecule has 2 aromatic rings. The molecule has 0 aromatic heterocycles. The summed E-state index contributed by atoms with van der Waals surface area (Å²) in [5, 5.41) is 5.10. The van der Waals surface area contributed by atoms with Gasteiger partial charge in [-0.05, 0) is 36.2 Å². The van der Waals surface area contributed by atoms with Gasteiger partial charge in [-0.3, -0.25) is 4.79 Å². The summed E-state index contributed by atoms with van der Waals surface area (Å²) < 4.78 is 23.0. The molecular formula is C16H17ClN2O3S. The van der Waals surface area contributed by atoms with Crippen molar-refractivity contribution >= 4 is 27.5 Å². The summed E-state index contributed by atoms with van der Waals surface area (Å²) in [6.45, 7) is 2.38. The van der Waals surface area contributed by atoms with Crippen LogP contribution >= 0.6 is 11.6 Å². The van der Waals surface area contributed by atoms with E-state index in [1.165, 1.54) is 23.1 Å². The lowest BCUT2D eigenvalue weighted by atomic mass is 10.1. The van der Waals surface area contributed by atoms with E-state index in [4.69, 9.17) is 16.7 Å². The van der Waals surface area contributed by atoms with Gasteiger partial charge >= 0.3 is 0 Å². The van der Waals surface area contributed by atoms with Crippen molar-refractivity contribution in [3.63, 3.8) is 0 Å². The molecule has 2 aromatic carbocycles. The maximum absolute atomic E-state index is 12.5. The first kappa shape index (κ1) is 17.5. The number of hydrogen-bond acceptors (Lipinski definition) is 3. The van der Waals surface area contributed by atoms with Crippen molar-refractivity contribution in [1.82, 2.24) is 4.90 Å². The van der Waals surface area contributed by atoms with E-state index in [-0.39, 0.29) is 21.4 Å². The van der Waals surface area contributed by atoms with Gasteiger partial charge in [0.15, 0.2) is 0 Å². The highest BCUT2D eigenvalue weighted by atomic mass is 35.5. The molecule has 1 amide bonds. The van der Waals surface area contributed by atoms with Crippen LogP contribution in [0.5, 0.6) is 0 Å². The van der Waals surface area contributed by atoms with Crippen LogP contribution in [-0.2, 0) is 16.6 Å². The minimum atomic E-state index is -3.98. The number of sulfonamides is 1. The van der Waals surface area contributed by atoms with Crippen LogP contribution in [0, 0.1) is 6.92 Å². The van der Waals surface area contributed by atoms with Crippen LogP contribution in [0.3, 0.4) is 0 Å². The Morgan fingerprint density at radius 3 is 2.48 bits per heavy atom. The number of primary sulfonamides is 1. The maximum Gasteiger partial charge on any atom is 0.253 e. The van der Waals surface area contributed by atoms with E-state index in [0.29, 0.717) is 6.54 Å². The van der Waals surface area contributed by atoms with Crippen LogP contribution in [0.4, 0.5) is 0 Å². The van der Waals surface area contributed by atoms with Crippen LogP contribution in [0.25, 0.3) is 0 Å². The van der Waals surface area contributed by atoms with Crippen LogP contribution in [0.1, 0.15) is 21.5 Å². The average molecular weight is 353 g/mol. The summed E-state index contributed by atoms with van der Waals surface area (Å²) >= 11 is 5.83. The standard InChI is InChI=1S/C16H17ClN2O3S/c1-11-5-3-4-6-13(11)10-19(2)16(20)12-7-8-14(17)15(9-12)23(18,21)22/h3-9H,10H2,1-2H3,(H2,18,21,22). The van der Waals surface area contributed by atoms with Gasteiger partial charge in [0.1, 0.15) is 4.90 Å². The van der Waals surface area contributed by atoms with E-state index >= 15 is 0 Å². The molecule has 0 heterocycles. The summed E-state index contributed by atoms with van der Waals surface area (Å²) in [6.07, 6.45) is 0. The molecule has 0 spiro atoms. The number of aryl methyl sites for hydroxylation is 1. The zero-order chi connectivity index (χ0) is 17.2. The second-order valence-corrected chi connectivity index (χ2v) is 7.21. The van der Waals surface area contributed by atoms with Crippen molar-refractivity contribution in [1.29, 1.82) is 0 Å². The van der Waals surface area contributed by atoms with E-state index in [9.17, 15) is 13.2 Å². The largest absolute Gasteiger partial charge is 0.337 e. The van der Waals surface area contributed by atoms with Crippen LogP contribution in [0.15, 0.2) is 47.4 Å². The lowest BCUT2D eigenvalue weighted by Gasteiger charge is -2.19. The molecule has 0 saturated carbocycles. The third-order valence-corrected chi connectivity index (χ3v) is 4.89. The van der Waals surface area contributed by atoms with Gasteiger partial charge in [0.2, 0.25) is 10.0 Å². The first-order valence-corrected chi connectivity index (χ1v) is 8.75. The second kappa shape index (κ2) is 6.70. The maximum atomic E-state index is 12.5. The van der Waals surface area contributed by atoms with Gasteiger partial charge < -0.3 is 4.90 Å².